The Bertz CT molecular complexity index is 1140. The molecule has 0 bridgehead atoms. The Morgan fingerprint density at radius 1 is 1.03 bits per heavy atom. The SMILES string of the molecule is COc1ccc(Cn2c(C)c(C=O)c3cnnc(OCc4ccccc4)c32)cc1. The molecule has 0 aliphatic carbocycles. The van der Waals surface area contributed by atoms with E-state index in [1.165, 1.54) is 0 Å². The maximum Gasteiger partial charge on any atom is 0.258 e. The van der Waals surface area contributed by atoms with E-state index in [-0.39, 0.29) is 0 Å². The number of rotatable bonds is 7. The summed E-state index contributed by atoms with van der Waals surface area (Å²) in [4.78, 5) is 11.8. The topological polar surface area (TPSA) is 66.2 Å². The number of methoxy groups -OCH3 is 1. The summed E-state index contributed by atoms with van der Waals surface area (Å²) in [5, 5.41) is 9.01. The second-order valence-electron chi connectivity index (χ2n) is 6.74. The monoisotopic (exact) mass is 387 g/mol. The van der Waals surface area contributed by atoms with E-state index in [0.29, 0.717) is 24.6 Å². The summed E-state index contributed by atoms with van der Waals surface area (Å²) >= 11 is 0. The van der Waals surface area contributed by atoms with E-state index in [1.54, 1.807) is 13.3 Å². The van der Waals surface area contributed by atoms with Crippen LogP contribution in [0.3, 0.4) is 0 Å². The van der Waals surface area contributed by atoms with E-state index >= 15 is 0 Å². The molecule has 0 aliphatic heterocycles. The largest absolute Gasteiger partial charge is 0.497 e. The lowest BCUT2D eigenvalue weighted by molar-refractivity contribution is 0.112. The van der Waals surface area contributed by atoms with E-state index in [0.717, 1.165) is 39.8 Å². The highest BCUT2D eigenvalue weighted by Gasteiger charge is 2.19. The highest BCUT2D eigenvalue weighted by atomic mass is 16.5. The van der Waals surface area contributed by atoms with Gasteiger partial charge in [-0.3, -0.25) is 4.79 Å². The zero-order chi connectivity index (χ0) is 20.2. The van der Waals surface area contributed by atoms with Crippen LogP contribution in [0.5, 0.6) is 11.6 Å². The molecule has 6 heteroatoms. The summed E-state index contributed by atoms with van der Waals surface area (Å²) in [6.07, 6.45) is 2.48. The van der Waals surface area contributed by atoms with Crippen LogP contribution in [0.2, 0.25) is 0 Å². The molecule has 4 aromatic rings. The minimum absolute atomic E-state index is 0.373. The normalized spacial score (nSPS) is 10.8. The van der Waals surface area contributed by atoms with Gasteiger partial charge in [0.2, 0.25) is 0 Å². The maximum atomic E-state index is 11.8. The number of aldehydes is 1. The first-order valence-corrected chi connectivity index (χ1v) is 9.30. The van der Waals surface area contributed by atoms with Crippen molar-refractivity contribution in [2.75, 3.05) is 7.11 Å². The van der Waals surface area contributed by atoms with Gasteiger partial charge in [-0.1, -0.05) is 42.5 Å². The molecule has 4 rings (SSSR count). The molecule has 2 heterocycles. The molecule has 146 valence electrons. The molecule has 0 saturated heterocycles. The number of hydrogen-bond acceptors (Lipinski definition) is 5. The average molecular weight is 387 g/mol. The van der Waals surface area contributed by atoms with Crippen molar-refractivity contribution in [2.24, 2.45) is 0 Å². The van der Waals surface area contributed by atoms with Gasteiger partial charge in [0.1, 0.15) is 17.9 Å². The number of carbonyl (C=O) groups excluding carboxylic acids is 1. The van der Waals surface area contributed by atoms with Crippen LogP contribution in [0, 0.1) is 6.92 Å². The van der Waals surface area contributed by atoms with Crippen LogP contribution < -0.4 is 9.47 Å². The molecule has 0 amide bonds. The fourth-order valence-electron chi connectivity index (χ4n) is 3.41. The summed E-state index contributed by atoms with van der Waals surface area (Å²) in [7, 11) is 1.64. The number of nitrogens with zero attached hydrogens (tertiary/aromatic N) is 3. The zero-order valence-corrected chi connectivity index (χ0v) is 16.3. The molecule has 0 N–H and O–H groups in total. The Morgan fingerprint density at radius 3 is 2.48 bits per heavy atom. The number of benzene rings is 2. The van der Waals surface area contributed by atoms with Gasteiger partial charge in [0.05, 0.1) is 13.3 Å². The van der Waals surface area contributed by atoms with Crippen LogP contribution in [0.1, 0.15) is 27.2 Å². The van der Waals surface area contributed by atoms with Gasteiger partial charge in [0.25, 0.3) is 5.88 Å². The maximum absolute atomic E-state index is 11.8. The van der Waals surface area contributed by atoms with E-state index in [4.69, 9.17) is 9.47 Å². The number of carbonyl (C=O) groups is 1. The van der Waals surface area contributed by atoms with E-state index < -0.39 is 0 Å². The van der Waals surface area contributed by atoms with Gasteiger partial charge in [-0.2, -0.15) is 5.10 Å². The Kier molecular flexibility index (Phi) is 5.24. The van der Waals surface area contributed by atoms with Crippen LogP contribution in [0.15, 0.2) is 60.8 Å². The summed E-state index contributed by atoms with van der Waals surface area (Å²) in [5.74, 6) is 1.21. The van der Waals surface area contributed by atoms with Gasteiger partial charge >= 0.3 is 0 Å². The number of ether oxygens (including phenoxy) is 2. The third kappa shape index (κ3) is 3.69. The predicted molar refractivity (Wildman–Crippen MR) is 111 cm³/mol. The molecule has 0 fully saturated rings. The molecule has 6 nitrogen and oxygen atoms in total. The van der Waals surface area contributed by atoms with E-state index in [9.17, 15) is 4.79 Å². The molecule has 0 aliphatic rings. The van der Waals surface area contributed by atoms with Crippen LogP contribution in [-0.2, 0) is 13.2 Å². The highest BCUT2D eigenvalue weighted by molar-refractivity contribution is 6.00. The standard InChI is InChI=1S/C23H21N3O3/c1-16-21(14-27)20-12-24-25-23(29-15-18-6-4-3-5-7-18)22(20)26(16)13-17-8-10-19(28-2)11-9-17/h3-12,14H,13,15H2,1-2H3. The molecule has 29 heavy (non-hydrogen) atoms. The fraction of sp³-hybridized carbons (Fsp3) is 0.174. The van der Waals surface area contributed by atoms with E-state index in [1.807, 2.05) is 61.5 Å². The summed E-state index contributed by atoms with van der Waals surface area (Å²) in [6.45, 7) is 2.87. The minimum atomic E-state index is 0.373. The lowest BCUT2D eigenvalue weighted by Gasteiger charge is -2.12. The summed E-state index contributed by atoms with van der Waals surface area (Å²) in [5.41, 5.74) is 4.34. The van der Waals surface area contributed by atoms with Crippen molar-refractivity contribution >= 4 is 17.2 Å². The van der Waals surface area contributed by atoms with Crippen molar-refractivity contribution in [1.29, 1.82) is 0 Å². The molecule has 2 aromatic heterocycles. The molecular weight excluding hydrogens is 366 g/mol. The smallest absolute Gasteiger partial charge is 0.258 e. The molecule has 2 aromatic carbocycles. The Labute approximate surface area is 168 Å². The van der Waals surface area contributed by atoms with Gasteiger partial charge in [-0.15, -0.1) is 5.10 Å². The van der Waals surface area contributed by atoms with Crippen LogP contribution in [0.4, 0.5) is 0 Å². The van der Waals surface area contributed by atoms with Crippen molar-refractivity contribution < 1.29 is 14.3 Å². The van der Waals surface area contributed by atoms with E-state index in [2.05, 4.69) is 14.8 Å². The summed E-state index contributed by atoms with van der Waals surface area (Å²) < 4.78 is 13.3. The first-order valence-electron chi connectivity index (χ1n) is 9.30. The zero-order valence-electron chi connectivity index (χ0n) is 16.3. The Morgan fingerprint density at radius 2 is 1.79 bits per heavy atom. The molecule has 0 unspecified atom stereocenters. The minimum Gasteiger partial charge on any atom is -0.497 e. The van der Waals surface area contributed by atoms with Crippen molar-refractivity contribution in [3.63, 3.8) is 0 Å². The second-order valence-corrected chi connectivity index (χ2v) is 6.74. The van der Waals surface area contributed by atoms with Gasteiger partial charge in [0.15, 0.2) is 6.29 Å². The van der Waals surface area contributed by atoms with Crippen molar-refractivity contribution in [1.82, 2.24) is 14.8 Å². The highest BCUT2D eigenvalue weighted by Crippen LogP contribution is 2.31. The lowest BCUT2D eigenvalue weighted by Crippen LogP contribution is -2.05. The van der Waals surface area contributed by atoms with Crippen LogP contribution in [0.25, 0.3) is 10.9 Å². The predicted octanol–water partition coefficient (Wildman–Crippen LogP) is 4.19. The number of hydrogen-bond donors (Lipinski definition) is 0. The van der Waals surface area contributed by atoms with Crippen molar-refractivity contribution in [2.45, 2.75) is 20.1 Å². The van der Waals surface area contributed by atoms with Gasteiger partial charge in [0, 0.05) is 23.2 Å². The van der Waals surface area contributed by atoms with Crippen LogP contribution in [-0.4, -0.2) is 28.2 Å². The Hall–Kier alpha value is -3.67. The number of fused-ring (bicyclic) bond motifs is 1. The van der Waals surface area contributed by atoms with Crippen molar-refractivity contribution in [3.05, 3.63) is 83.2 Å². The third-order valence-corrected chi connectivity index (χ3v) is 4.98. The fourth-order valence-corrected chi connectivity index (χ4v) is 3.41. The third-order valence-electron chi connectivity index (χ3n) is 4.98. The van der Waals surface area contributed by atoms with Gasteiger partial charge in [-0.05, 0) is 30.2 Å². The Balaban J connectivity index is 1.75. The molecule has 0 spiro atoms. The average Bonchev–Trinajstić information content (AvgIpc) is 3.04. The molecule has 0 radical (unpaired) electrons. The van der Waals surface area contributed by atoms with Gasteiger partial charge < -0.3 is 14.0 Å². The molecular formula is C23H21N3O3. The van der Waals surface area contributed by atoms with Gasteiger partial charge in [-0.25, -0.2) is 0 Å². The van der Waals surface area contributed by atoms with Crippen LogP contribution >= 0.6 is 0 Å². The lowest BCUT2D eigenvalue weighted by atomic mass is 10.2. The number of aromatic nitrogens is 3. The van der Waals surface area contributed by atoms with Crippen molar-refractivity contribution in [3.8, 4) is 11.6 Å². The summed E-state index contributed by atoms with van der Waals surface area (Å²) in [6, 6.07) is 17.7. The molecule has 0 saturated carbocycles. The second kappa shape index (κ2) is 8.14. The molecule has 0 atom stereocenters. The quantitative estimate of drug-likeness (QED) is 0.445. The first kappa shape index (κ1) is 18.7. The first-order chi connectivity index (χ1) is 14.2.